The van der Waals surface area contributed by atoms with Crippen molar-refractivity contribution in [3.63, 3.8) is 0 Å². The van der Waals surface area contributed by atoms with Gasteiger partial charge in [0.2, 0.25) is 5.91 Å². The number of imidazole rings is 1. The molecule has 24 heavy (non-hydrogen) atoms. The lowest BCUT2D eigenvalue weighted by molar-refractivity contribution is -0.111. The van der Waals surface area contributed by atoms with Crippen LogP contribution >= 0.6 is 11.3 Å². The summed E-state index contributed by atoms with van der Waals surface area (Å²) in [5, 5.41) is 5.61. The molecule has 1 aromatic carbocycles. The van der Waals surface area contributed by atoms with Gasteiger partial charge in [0.15, 0.2) is 5.13 Å². The van der Waals surface area contributed by atoms with Gasteiger partial charge < -0.3 is 5.32 Å². The summed E-state index contributed by atoms with van der Waals surface area (Å²) < 4.78 is 1.85. The first-order chi connectivity index (χ1) is 11.6. The number of aryl methyl sites for hydroxylation is 2. The van der Waals surface area contributed by atoms with Gasteiger partial charge in [-0.3, -0.25) is 9.36 Å². The molecule has 0 aliphatic rings. The smallest absolute Gasteiger partial charge is 0.249 e. The Bertz CT molecular complexity index is 890. The second-order valence-electron chi connectivity index (χ2n) is 5.40. The lowest BCUT2D eigenvalue weighted by Gasteiger charge is -2.06. The fourth-order valence-electron chi connectivity index (χ4n) is 2.32. The molecule has 1 N–H and O–H groups in total. The number of aromatic nitrogens is 3. The lowest BCUT2D eigenvalue weighted by atomic mass is 10.1. The topological polar surface area (TPSA) is 59.8 Å². The predicted molar refractivity (Wildman–Crippen MR) is 97.6 cm³/mol. The van der Waals surface area contributed by atoms with Crippen molar-refractivity contribution in [3.05, 3.63) is 59.4 Å². The number of allylic oxidation sites excluding steroid dienone is 1. The Morgan fingerprint density at radius 3 is 2.71 bits per heavy atom. The molecule has 3 rings (SSSR count). The number of carbonyl (C=O) groups is 1. The first kappa shape index (κ1) is 16.1. The van der Waals surface area contributed by atoms with E-state index >= 15 is 0 Å². The molecule has 0 saturated carbocycles. The van der Waals surface area contributed by atoms with E-state index in [9.17, 15) is 4.79 Å². The Morgan fingerprint density at radius 2 is 2.00 bits per heavy atom. The molecule has 0 fully saturated rings. The Labute approximate surface area is 144 Å². The summed E-state index contributed by atoms with van der Waals surface area (Å²) in [6, 6.07) is 8.26. The molecule has 0 aliphatic heterocycles. The van der Waals surface area contributed by atoms with Crippen molar-refractivity contribution in [1.29, 1.82) is 0 Å². The summed E-state index contributed by atoms with van der Waals surface area (Å²) in [6.07, 6.45) is 4.82. The summed E-state index contributed by atoms with van der Waals surface area (Å²) in [7, 11) is 0. The van der Waals surface area contributed by atoms with Crippen molar-refractivity contribution in [1.82, 2.24) is 14.5 Å². The van der Waals surface area contributed by atoms with E-state index in [2.05, 4.69) is 41.5 Å². The van der Waals surface area contributed by atoms with Gasteiger partial charge in [0, 0.05) is 10.9 Å². The van der Waals surface area contributed by atoms with Crippen LogP contribution in [0.4, 0.5) is 5.82 Å². The predicted octanol–water partition coefficient (Wildman–Crippen LogP) is 4.13. The van der Waals surface area contributed by atoms with Gasteiger partial charge in [-0.2, -0.15) is 0 Å². The Hall–Kier alpha value is -2.73. The molecule has 1 amide bonds. The van der Waals surface area contributed by atoms with Crippen molar-refractivity contribution in [3.8, 4) is 16.4 Å². The normalized spacial score (nSPS) is 11.1. The zero-order chi connectivity index (χ0) is 17.1. The summed E-state index contributed by atoms with van der Waals surface area (Å²) in [4.78, 5) is 20.8. The highest BCUT2D eigenvalue weighted by molar-refractivity contribution is 7.12. The van der Waals surface area contributed by atoms with Crippen molar-refractivity contribution in [2.24, 2.45) is 0 Å². The molecule has 0 spiro atoms. The van der Waals surface area contributed by atoms with E-state index in [1.807, 2.05) is 16.9 Å². The summed E-state index contributed by atoms with van der Waals surface area (Å²) in [6.45, 7) is 5.75. The number of rotatable bonds is 4. The zero-order valence-corrected chi connectivity index (χ0v) is 14.6. The third-order valence-electron chi connectivity index (χ3n) is 3.54. The number of carbonyl (C=O) groups excluding carboxylic acids is 1. The summed E-state index contributed by atoms with van der Waals surface area (Å²) >= 11 is 1.52. The van der Waals surface area contributed by atoms with E-state index in [1.165, 1.54) is 23.0 Å². The van der Waals surface area contributed by atoms with Crippen molar-refractivity contribution in [2.75, 3.05) is 5.32 Å². The van der Waals surface area contributed by atoms with E-state index < -0.39 is 0 Å². The maximum atomic E-state index is 11.8. The molecule has 0 saturated heterocycles. The number of nitrogens with zero attached hydrogens (tertiary/aromatic N) is 3. The fourth-order valence-corrected chi connectivity index (χ4v) is 3.21. The van der Waals surface area contributed by atoms with E-state index in [4.69, 9.17) is 4.98 Å². The van der Waals surface area contributed by atoms with Crippen LogP contribution in [0, 0.1) is 13.8 Å². The number of benzene rings is 1. The molecule has 5 nitrogen and oxygen atoms in total. The minimum atomic E-state index is -0.186. The van der Waals surface area contributed by atoms with E-state index in [1.54, 1.807) is 19.2 Å². The molecular weight excluding hydrogens is 320 g/mol. The van der Waals surface area contributed by atoms with Crippen LogP contribution in [0.2, 0.25) is 0 Å². The third-order valence-corrected chi connectivity index (χ3v) is 4.36. The van der Waals surface area contributed by atoms with Crippen molar-refractivity contribution < 1.29 is 4.79 Å². The fraction of sp³-hybridized carbons (Fsp3) is 0.167. The SMILES string of the molecule is C/C=C/C(=O)Nc1cnc(C)n1-c1nc(-c2ccc(C)cc2)cs1. The molecule has 6 heteroatoms. The van der Waals surface area contributed by atoms with Gasteiger partial charge in [-0.1, -0.05) is 35.9 Å². The molecule has 2 heterocycles. The van der Waals surface area contributed by atoms with Gasteiger partial charge in [0.25, 0.3) is 0 Å². The van der Waals surface area contributed by atoms with Crippen LogP contribution in [0.5, 0.6) is 0 Å². The maximum Gasteiger partial charge on any atom is 0.249 e. The summed E-state index contributed by atoms with van der Waals surface area (Å²) in [5.41, 5.74) is 3.20. The van der Waals surface area contributed by atoms with E-state index in [-0.39, 0.29) is 5.91 Å². The first-order valence-electron chi connectivity index (χ1n) is 7.59. The van der Waals surface area contributed by atoms with E-state index in [0.29, 0.717) is 5.82 Å². The number of anilines is 1. The Morgan fingerprint density at radius 1 is 1.25 bits per heavy atom. The van der Waals surface area contributed by atoms with Gasteiger partial charge in [0.1, 0.15) is 11.6 Å². The minimum absolute atomic E-state index is 0.186. The monoisotopic (exact) mass is 338 g/mol. The van der Waals surface area contributed by atoms with Gasteiger partial charge in [-0.05, 0) is 26.8 Å². The van der Waals surface area contributed by atoms with Gasteiger partial charge in [-0.25, -0.2) is 9.97 Å². The molecule has 0 atom stereocenters. The summed E-state index contributed by atoms with van der Waals surface area (Å²) in [5.74, 6) is 1.20. The number of hydrogen-bond acceptors (Lipinski definition) is 4. The number of nitrogens with one attached hydrogen (secondary N) is 1. The molecular formula is C18H18N4OS. The highest BCUT2D eigenvalue weighted by atomic mass is 32.1. The van der Waals surface area contributed by atoms with Gasteiger partial charge in [0.05, 0.1) is 11.9 Å². The standard InChI is InChI=1S/C18H18N4OS/c1-4-5-17(23)21-16-10-19-13(3)22(16)18-20-15(11-24-18)14-8-6-12(2)7-9-14/h4-11H,1-3H3,(H,21,23)/b5-4+. The second-order valence-corrected chi connectivity index (χ2v) is 6.23. The lowest BCUT2D eigenvalue weighted by Crippen LogP contribution is -2.12. The molecule has 2 aromatic heterocycles. The van der Waals surface area contributed by atoms with Crippen LogP contribution in [-0.2, 0) is 4.79 Å². The van der Waals surface area contributed by atoms with Crippen LogP contribution < -0.4 is 5.32 Å². The molecule has 0 aliphatic carbocycles. The second kappa shape index (κ2) is 6.80. The first-order valence-corrected chi connectivity index (χ1v) is 8.47. The molecule has 3 aromatic rings. The average molecular weight is 338 g/mol. The van der Waals surface area contributed by atoms with Crippen LogP contribution in [0.1, 0.15) is 18.3 Å². The molecule has 0 unspecified atom stereocenters. The Kier molecular flexibility index (Phi) is 4.57. The highest BCUT2D eigenvalue weighted by Crippen LogP contribution is 2.27. The van der Waals surface area contributed by atoms with Crippen LogP contribution in [0.25, 0.3) is 16.4 Å². The average Bonchev–Trinajstić information content (AvgIpc) is 3.15. The molecule has 0 bridgehead atoms. The quantitative estimate of drug-likeness (QED) is 0.728. The van der Waals surface area contributed by atoms with Crippen LogP contribution in [0.3, 0.4) is 0 Å². The van der Waals surface area contributed by atoms with Gasteiger partial charge in [-0.15, -0.1) is 11.3 Å². The number of thiazole rings is 1. The number of hydrogen-bond donors (Lipinski definition) is 1. The van der Waals surface area contributed by atoms with Crippen LogP contribution in [0.15, 0.2) is 48.0 Å². The van der Waals surface area contributed by atoms with Gasteiger partial charge >= 0.3 is 0 Å². The Balaban J connectivity index is 1.94. The van der Waals surface area contributed by atoms with E-state index in [0.717, 1.165) is 22.2 Å². The maximum absolute atomic E-state index is 11.8. The van der Waals surface area contributed by atoms with Crippen molar-refractivity contribution in [2.45, 2.75) is 20.8 Å². The zero-order valence-electron chi connectivity index (χ0n) is 13.8. The molecule has 122 valence electrons. The molecule has 0 radical (unpaired) electrons. The number of amides is 1. The largest absolute Gasteiger partial charge is 0.307 e. The van der Waals surface area contributed by atoms with Crippen molar-refractivity contribution >= 4 is 23.1 Å². The van der Waals surface area contributed by atoms with Crippen LogP contribution in [-0.4, -0.2) is 20.4 Å². The highest BCUT2D eigenvalue weighted by Gasteiger charge is 2.14. The minimum Gasteiger partial charge on any atom is -0.307 e. The third kappa shape index (κ3) is 3.28.